The van der Waals surface area contributed by atoms with Gasteiger partial charge in [0.05, 0.1) is 44.7 Å². The molecule has 3 saturated heterocycles. The Morgan fingerprint density at radius 2 is 1.08 bits per heavy atom. The van der Waals surface area contributed by atoms with Crippen molar-refractivity contribution in [2.24, 2.45) is 5.92 Å². The number of carbonyl (C=O) groups is 2. The molecule has 0 spiro atoms. The van der Waals surface area contributed by atoms with Crippen LogP contribution in [0.25, 0.3) is 0 Å². The second-order valence-corrected chi connectivity index (χ2v) is 22.7. The van der Waals surface area contributed by atoms with Crippen molar-refractivity contribution < 1.29 is 104 Å². The molecule has 0 aromatic carbocycles. The molecule has 1 amide bonds. The van der Waals surface area contributed by atoms with Crippen molar-refractivity contribution in [3.8, 4) is 0 Å². The van der Waals surface area contributed by atoms with Gasteiger partial charge in [-0.1, -0.05) is 188 Å². The van der Waals surface area contributed by atoms with Crippen molar-refractivity contribution in [2.45, 2.75) is 317 Å². The number of hydrogen-bond donors (Lipinski definition) is 14. The summed E-state index contributed by atoms with van der Waals surface area (Å²) in [5, 5.41) is 144. The highest BCUT2D eigenvalue weighted by Gasteiger charge is 2.63. The molecule has 3 aliphatic heterocycles. The molecule has 0 aromatic rings. The third-order valence-corrected chi connectivity index (χ3v) is 16.2. The number of carboxylic acid groups (broad SMARTS) is 1. The number of aliphatic hydroxyl groups is 12. The third kappa shape index (κ3) is 23.3. The highest BCUT2D eigenvalue weighted by Crippen LogP contribution is 2.43. The van der Waals surface area contributed by atoms with Crippen molar-refractivity contribution in [2.75, 3.05) is 26.4 Å². The SMILES string of the molecule is CCCCCCCCCCCCCCCCCC(=O)N[C@@H](COC1OC(CO)C(O[C@@H]2OC(CO)[C@H](O)[C@H](O[C@]3(C(=O)O)CC(O)[C@H](C)C(O)([C@H](O)CO)O3)C2O)C(O)C1O)[C@H](O)[C@H](O)CCCCCCCCCCCCCC. The Morgan fingerprint density at radius 3 is 1.54 bits per heavy atom. The van der Waals surface area contributed by atoms with Crippen LogP contribution in [0, 0.1) is 5.92 Å². The van der Waals surface area contributed by atoms with Gasteiger partial charge in [0.1, 0.15) is 61.0 Å². The summed E-state index contributed by atoms with van der Waals surface area (Å²) in [5.41, 5.74) is 0. The van der Waals surface area contributed by atoms with E-state index in [1.807, 2.05) is 0 Å². The van der Waals surface area contributed by atoms with Gasteiger partial charge in [-0.3, -0.25) is 4.79 Å². The minimum atomic E-state index is -3.12. The minimum Gasteiger partial charge on any atom is -0.477 e. The normalized spacial score (nSPS) is 31.9. The van der Waals surface area contributed by atoms with Crippen molar-refractivity contribution in [3.63, 3.8) is 0 Å². The van der Waals surface area contributed by atoms with Crippen molar-refractivity contribution in [1.82, 2.24) is 5.32 Å². The fraction of sp³-hybridized carbons (Fsp3) is 0.965. The van der Waals surface area contributed by atoms with Gasteiger partial charge in [-0.15, -0.1) is 0 Å². The van der Waals surface area contributed by atoms with E-state index in [2.05, 4.69) is 19.2 Å². The molecule has 22 heteroatoms. The van der Waals surface area contributed by atoms with Crippen molar-refractivity contribution >= 4 is 11.9 Å². The molecule has 3 aliphatic rings. The van der Waals surface area contributed by atoms with Crippen LogP contribution in [0.4, 0.5) is 0 Å². The lowest BCUT2D eigenvalue weighted by Crippen LogP contribution is -2.70. The number of nitrogens with one attached hydrogen (secondary N) is 1. The van der Waals surface area contributed by atoms with Gasteiger partial charge in [-0.25, -0.2) is 4.79 Å². The van der Waals surface area contributed by atoms with E-state index in [1.54, 1.807) is 0 Å². The second kappa shape index (κ2) is 39.0. The number of carbonyl (C=O) groups excluding carboxylic acids is 1. The molecule has 0 aromatic heterocycles. The molecule has 0 aliphatic carbocycles. The summed E-state index contributed by atoms with van der Waals surface area (Å²) in [4.78, 5) is 26.2. The zero-order chi connectivity index (χ0) is 58.4. The van der Waals surface area contributed by atoms with Gasteiger partial charge in [0.25, 0.3) is 5.79 Å². The predicted molar refractivity (Wildman–Crippen MR) is 290 cm³/mol. The first-order valence-electron chi connectivity index (χ1n) is 30.3. The Morgan fingerprint density at radius 1 is 0.608 bits per heavy atom. The van der Waals surface area contributed by atoms with Gasteiger partial charge in [-0.2, -0.15) is 0 Å². The first kappa shape index (κ1) is 71.5. The molecule has 3 rings (SSSR count). The number of aliphatic hydroxyl groups excluding tert-OH is 11. The zero-order valence-corrected chi connectivity index (χ0v) is 47.9. The van der Waals surface area contributed by atoms with E-state index in [0.29, 0.717) is 12.8 Å². The highest BCUT2D eigenvalue weighted by atomic mass is 16.8. The first-order chi connectivity index (χ1) is 37.9. The summed E-state index contributed by atoms with van der Waals surface area (Å²) in [7, 11) is 0. The van der Waals surface area contributed by atoms with Gasteiger partial charge in [0, 0.05) is 18.8 Å². The molecular weight excluding hydrogens is 1030 g/mol. The van der Waals surface area contributed by atoms with Crippen molar-refractivity contribution in [1.29, 1.82) is 0 Å². The van der Waals surface area contributed by atoms with Gasteiger partial charge in [0.2, 0.25) is 11.7 Å². The summed E-state index contributed by atoms with van der Waals surface area (Å²) in [5.74, 6) is -9.85. The molecule has 466 valence electrons. The minimum absolute atomic E-state index is 0.152. The van der Waals surface area contributed by atoms with Crippen molar-refractivity contribution in [3.05, 3.63) is 0 Å². The molecule has 0 radical (unpaired) electrons. The fourth-order valence-electron chi connectivity index (χ4n) is 10.9. The van der Waals surface area contributed by atoms with E-state index < -0.39 is 148 Å². The smallest absolute Gasteiger partial charge is 0.364 e. The first-order valence-corrected chi connectivity index (χ1v) is 30.3. The molecule has 14 N–H and O–H groups in total. The van der Waals surface area contributed by atoms with E-state index in [-0.39, 0.29) is 18.7 Å². The second-order valence-electron chi connectivity index (χ2n) is 22.7. The van der Waals surface area contributed by atoms with Crippen LogP contribution in [0.15, 0.2) is 0 Å². The summed E-state index contributed by atoms with van der Waals surface area (Å²) in [6.45, 7) is 2.05. The summed E-state index contributed by atoms with van der Waals surface area (Å²) in [6.07, 6.45) is 4.33. The Kier molecular flexibility index (Phi) is 35.2. The standard InChI is InChI=1S/C57H107NO21/c1-4-6-8-10-12-14-16-18-19-20-22-24-26-28-30-32-45(65)58-39(46(66)40(62)31-29-27-25-23-21-17-15-13-11-9-7-5-2)37-74-53-49(69)48(68)51(43(35-60)76-53)77-54-50(70)52(47(67)42(34-59)75-54)78-56(55(71)72)33-41(63)38(3)57(73,79-56)44(64)36-61/h38-44,46-54,59-64,66-70,73H,4-37H2,1-3H3,(H,58,65)(H,71,72)/t38-,39-,40+,41?,42?,43?,44+,46-,47-,48?,49?,50?,51?,52-,53?,54-,56+,57?/m0/s1. The molecule has 3 heterocycles. The van der Waals surface area contributed by atoms with Gasteiger partial charge >= 0.3 is 5.97 Å². The van der Waals surface area contributed by atoms with Gasteiger partial charge in [0.15, 0.2) is 12.6 Å². The number of ether oxygens (including phenoxy) is 6. The van der Waals surface area contributed by atoms with Crippen LogP contribution in [0.3, 0.4) is 0 Å². The Hall–Kier alpha value is -1.78. The maximum absolute atomic E-state index is 13.4. The number of carboxylic acids is 1. The average Bonchev–Trinajstić information content (AvgIpc) is 3.53. The lowest BCUT2D eigenvalue weighted by atomic mass is 9.83. The van der Waals surface area contributed by atoms with E-state index in [0.717, 1.165) is 51.4 Å². The lowest BCUT2D eigenvalue weighted by molar-refractivity contribution is -0.434. The zero-order valence-electron chi connectivity index (χ0n) is 47.9. The molecule has 79 heavy (non-hydrogen) atoms. The topological polar surface area (TPSA) is 365 Å². The molecule has 3 fully saturated rings. The van der Waals surface area contributed by atoms with Crippen LogP contribution in [-0.4, -0.2) is 208 Å². The Balaban J connectivity index is 1.64. The number of aliphatic carboxylic acids is 1. The number of rotatable bonds is 44. The van der Waals surface area contributed by atoms with Gasteiger partial charge < -0.3 is 100 Å². The molecule has 0 bridgehead atoms. The lowest BCUT2D eigenvalue weighted by Gasteiger charge is -2.52. The molecular formula is C57H107NO21. The van der Waals surface area contributed by atoms with Crippen LogP contribution in [-0.2, 0) is 38.0 Å². The average molecular weight is 1140 g/mol. The monoisotopic (exact) mass is 1140 g/mol. The predicted octanol–water partition coefficient (Wildman–Crippen LogP) is 3.45. The number of hydrogen-bond acceptors (Lipinski definition) is 20. The Labute approximate surface area is 469 Å². The largest absolute Gasteiger partial charge is 0.477 e. The van der Waals surface area contributed by atoms with Crippen LogP contribution < -0.4 is 5.32 Å². The van der Waals surface area contributed by atoms with E-state index in [1.165, 1.54) is 116 Å². The summed E-state index contributed by atoms with van der Waals surface area (Å²) in [6, 6.07) is -1.20. The summed E-state index contributed by atoms with van der Waals surface area (Å²) < 4.78 is 34.2. The molecule has 0 saturated carbocycles. The quantitative estimate of drug-likeness (QED) is 0.0389. The Bertz CT molecular complexity index is 1600. The fourth-order valence-corrected chi connectivity index (χ4v) is 10.9. The third-order valence-electron chi connectivity index (χ3n) is 16.2. The van der Waals surface area contributed by atoms with Crippen LogP contribution in [0.5, 0.6) is 0 Å². The van der Waals surface area contributed by atoms with Crippen LogP contribution >= 0.6 is 0 Å². The molecule has 22 nitrogen and oxygen atoms in total. The number of unbranched alkanes of at least 4 members (excludes halogenated alkanes) is 25. The van der Waals surface area contributed by atoms with E-state index in [4.69, 9.17) is 28.4 Å². The van der Waals surface area contributed by atoms with E-state index >= 15 is 0 Å². The highest BCUT2D eigenvalue weighted by molar-refractivity contribution is 5.76. The maximum atomic E-state index is 13.4. The van der Waals surface area contributed by atoms with E-state index in [9.17, 15) is 76.0 Å². The van der Waals surface area contributed by atoms with Crippen LogP contribution in [0.2, 0.25) is 0 Å². The molecule has 9 unspecified atom stereocenters. The van der Waals surface area contributed by atoms with Gasteiger partial charge in [-0.05, 0) is 12.8 Å². The molecule has 18 atom stereocenters. The maximum Gasteiger partial charge on any atom is 0.364 e. The summed E-state index contributed by atoms with van der Waals surface area (Å²) >= 11 is 0. The van der Waals surface area contributed by atoms with Crippen LogP contribution in [0.1, 0.15) is 213 Å². The number of amides is 1.